The summed E-state index contributed by atoms with van der Waals surface area (Å²) >= 11 is 0. The Morgan fingerprint density at radius 3 is 2.75 bits per heavy atom. The van der Waals surface area contributed by atoms with Gasteiger partial charge in [-0.05, 0) is 38.8 Å². The SMILES string of the molecule is CC(=O)CCCCN1C(=O)NC(C)(c2ccco2)C1=O. The number of hydrogen-bond acceptors (Lipinski definition) is 4. The lowest BCUT2D eigenvalue weighted by molar-refractivity contribution is -0.131. The molecule has 2 heterocycles. The Morgan fingerprint density at radius 2 is 2.15 bits per heavy atom. The highest BCUT2D eigenvalue weighted by Gasteiger charge is 2.50. The molecule has 1 atom stereocenters. The van der Waals surface area contributed by atoms with Gasteiger partial charge in [0.1, 0.15) is 11.5 Å². The van der Waals surface area contributed by atoms with E-state index in [4.69, 9.17) is 4.42 Å². The Hall–Kier alpha value is -2.11. The number of Topliss-reactive ketones (excluding diaryl/α,β-unsaturated/α-hetero) is 1. The number of imide groups is 1. The van der Waals surface area contributed by atoms with E-state index in [2.05, 4.69) is 5.32 Å². The summed E-state index contributed by atoms with van der Waals surface area (Å²) in [6.45, 7) is 3.47. The Morgan fingerprint density at radius 1 is 1.40 bits per heavy atom. The summed E-state index contributed by atoms with van der Waals surface area (Å²) in [6.07, 6.45) is 3.23. The second kappa shape index (κ2) is 5.48. The van der Waals surface area contributed by atoms with Crippen LogP contribution < -0.4 is 5.32 Å². The quantitative estimate of drug-likeness (QED) is 0.635. The average Bonchev–Trinajstić information content (AvgIpc) is 2.97. The molecule has 1 aromatic heterocycles. The van der Waals surface area contributed by atoms with Crippen molar-refractivity contribution in [3.05, 3.63) is 24.2 Å². The molecule has 0 bridgehead atoms. The van der Waals surface area contributed by atoms with Gasteiger partial charge in [0.2, 0.25) is 0 Å². The fourth-order valence-corrected chi connectivity index (χ4v) is 2.27. The van der Waals surface area contributed by atoms with Crippen LogP contribution >= 0.6 is 0 Å². The van der Waals surface area contributed by atoms with Crippen LogP contribution in [-0.2, 0) is 15.1 Å². The maximum Gasteiger partial charge on any atom is 0.325 e. The van der Waals surface area contributed by atoms with E-state index in [1.54, 1.807) is 19.1 Å². The number of carbonyl (C=O) groups is 3. The highest BCUT2D eigenvalue weighted by molar-refractivity contribution is 6.06. The lowest BCUT2D eigenvalue weighted by Gasteiger charge is -2.18. The lowest BCUT2D eigenvalue weighted by atomic mass is 9.99. The van der Waals surface area contributed by atoms with Crippen LogP contribution in [0.3, 0.4) is 0 Å². The van der Waals surface area contributed by atoms with Crippen molar-refractivity contribution in [2.75, 3.05) is 6.54 Å². The van der Waals surface area contributed by atoms with Crippen molar-refractivity contribution in [2.24, 2.45) is 0 Å². The second-order valence-electron chi connectivity index (χ2n) is 5.15. The summed E-state index contributed by atoms with van der Waals surface area (Å²) in [4.78, 5) is 36.3. The fourth-order valence-electron chi connectivity index (χ4n) is 2.27. The zero-order valence-electron chi connectivity index (χ0n) is 11.6. The van der Waals surface area contributed by atoms with Gasteiger partial charge in [0.05, 0.1) is 6.26 Å². The van der Waals surface area contributed by atoms with Gasteiger partial charge < -0.3 is 14.5 Å². The van der Waals surface area contributed by atoms with Crippen LogP contribution in [0.15, 0.2) is 22.8 Å². The van der Waals surface area contributed by atoms with E-state index < -0.39 is 11.6 Å². The summed E-state index contributed by atoms with van der Waals surface area (Å²) in [6, 6.07) is 2.92. The van der Waals surface area contributed by atoms with Crippen LogP contribution in [0, 0.1) is 0 Å². The fraction of sp³-hybridized carbons (Fsp3) is 0.500. The molecule has 20 heavy (non-hydrogen) atoms. The first-order valence-electron chi connectivity index (χ1n) is 6.62. The van der Waals surface area contributed by atoms with Crippen LogP contribution in [-0.4, -0.2) is 29.2 Å². The predicted molar refractivity (Wildman–Crippen MR) is 70.8 cm³/mol. The average molecular weight is 278 g/mol. The van der Waals surface area contributed by atoms with Crippen molar-refractivity contribution >= 4 is 17.7 Å². The number of rotatable bonds is 6. The molecule has 0 radical (unpaired) electrons. The third-order valence-electron chi connectivity index (χ3n) is 3.45. The molecule has 1 N–H and O–H groups in total. The molecule has 6 heteroatoms. The summed E-state index contributed by atoms with van der Waals surface area (Å²) in [5, 5.41) is 2.66. The number of nitrogens with one attached hydrogen (secondary N) is 1. The van der Waals surface area contributed by atoms with E-state index in [0.717, 1.165) is 0 Å². The van der Waals surface area contributed by atoms with Crippen LogP contribution in [0.4, 0.5) is 4.79 Å². The van der Waals surface area contributed by atoms with E-state index in [0.29, 0.717) is 31.6 Å². The molecule has 1 aliphatic rings. The van der Waals surface area contributed by atoms with Crippen molar-refractivity contribution < 1.29 is 18.8 Å². The van der Waals surface area contributed by atoms with Gasteiger partial charge in [0.15, 0.2) is 5.54 Å². The molecule has 1 saturated heterocycles. The Bertz CT molecular complexity index is 523. The first-order valence-corrected chi connectivity index (χ1v) is 6.62. The molecule has 2 rings (SSSR count). The summed E-state index contributed by atoms with van der Waals surface area (Å²) in [5.41, 5.74) is -1.14. The smallest absolute Gasteiger partial charge is 0.325 e. The highest BCUT2D eigenvalue weighted by atomic mass is 16.3. The van der Waals surface area contributed by atoms with Gasteiger partial charge in [-0.1, -0.05) is 0 Å². The monoisotopic (exact) mass is 278 g/mol. The van der Waals surface area contributed by atoms with Crippen molar-refractivity contribution in [2.45, 2.75) is 38.6 Å². The Kier molecular flexibility index (Phi) is 3.92. The highest BCUT2D eigenvalue weighted by Crippen LogP contribution is 2.29. The van der Waals surface area contributed by atoms with Gasteiger partial charge in [-0.3, -0.25) is 9.69 Å². The summed E-state index contributed by atoms with van der Waals surface area (Å²) < 4.78 is 5.24. The molecule has 3 amide bonds. The molecule has 1 aliphatic heterocycles. The van der Waals surface area contributed by atoms with Crippen LogP contribution in [0.2, 0.25) is 0 Å². The van der Waals surface area contributed by atoms with E-state index in [9.17, 15) is 14.4 Å². The number of ketones is 1. The third-order valence-corrected chi connectivity index (χ3v) is 3.45. The first-order chi connectivity index (χ1) is 9.45. The van der Waals surface area contributed by atoms with Gasteiger partial charge >= 0.3 is 6.03 Å². The van der Waals surface area contributed by atoms with E-state index in [-0.39, 0.29) is 11.7 Å². The van der Waals surface area contributed by atoms with E-state index in [1.807, 2.05) is 0 Å². The molecule has 1 aromatic rings. The minimum atomic E-state index is -1.14. The molecule has 108 valence electrons. The molecule has 0 aliphatic carbocycles. The van der Waals surface area contributed by atoms with Crippen molar-refractivity contribution in [3.63, 3.8) is 0 Å². The normalized spacial score (nSPS) is 22.2. The van der Waals surface area contributed by atoms with Gasteiger partial charge in [0, 0.05) is 13.0 Å². The Balaban J connectivity index is 2.00. The molecular formula is C14H18N2O4. The molecule has 0 saturated carbocycles. The lowest BCUT2D eigenvalue weighted by Crippen LogP contribution is -2.40. The minimum absolute atomic E-state index is 0.114. The number of nitrogens with zero attached hydrogens (tertiary/aromatic N) is 1. The maximum absolute atomic E-state index is 12.4. The first kappa shape index (κ1) is 14.3. The molecule has 1 fully saturated rings. The van der Waals surface area contributed by atoms with Crippen molar-refractivity contribution in [1.82, 2.24) is 10.2 Å². The molecule has 0 aromatic carbocycles. The number of carbonyl (C=O) groups excluding carboxylic acids is 3. The van der Waals surface area contributed by atoms with Crippen LogP contribution in [0.5, 0.6) is 0 Å². The van der Waals surface area contributed by atoms with Crippen molar-refractivity contribution in [1.29, 1.82) is 0 Å². The number of unbranched alkanes of at least 4 members (excludes halogenated alkanes) is 1. The van der Waals surface area contributed by atoms with Gasteiger partial charge in [-0.15, -0.1) is 0 Å². The maximum atomic E-state index is 12.4. The van der Waals surface area contributed by atoms with Crippen LogP contribution in [0.1, 0.15) is 38.9 Å². The standard InChI is InChI=1S/C14H18N2O4/c1-10(17)6-3-4-8-16-12(18)14(2,15-13(16)19)11-7-5-9-20-11/h5,7,9H,3-4,6,8H2,1-2H3,(H,15,19). The number of urea groups is 1. The van der Waals surface area contributed by atoms with E-state index in [1.165, 1.54) is 18.1 Å². The minimum Gasteiger partial charge on any atom is -0.466 e. The number of hydrogen-bond donors (Lipinski definition) is 1. The molecule has 6 nitrogen and oxygen atoms in total. The molecule has 0 spiro atoms. The van der Waals surface area contributed by atoms with Gasteiger partial charge in [-0.25, -0.2) is 4.79 Å². The topological polar surface area (TPSA) is 79.6 Å². The molecule has 1 unspecified atom stereocenters. The zero-order chi connectivity index (χ0) is 14.8. The zero-order valence-corrected chi connectivity index (χ0v) is 11.6. The predicted octanol–water partition coefficient (Wildman–Crippen LogP) is 1.81. The number of furan rings is 1. The summed E-state index contributed by atoms with van der Waals surface area (Å²) in [5.74, 6) is 0.213. The second-order valence-corrected chi connectivity index (χ2v) is 5.15. The van der Waals surface area contributed by atoms with Crippen molar-refractivity contribution in [3.8, 4) is 0 Å². The number of amides is 3. The van der Waals surface area contributed by atoms with Gasteiger partial charge in [0.25, 0.3) is 5.91 Å². The van der Waals surface area contributed by atoms with Crippen LogP contribution in [0.25, 0.3) is 0 Å². The van der Waals surface area contributed by atoms with E-state index >= 15 is 0 Å². The Labute approximate surface area is 117 Å². The third kappa shape index (κ3) is 2.59. The summed E-state index contributed by atoms with van der Waals surface area (Å²) in [7, 11) is 0. The largest absolute Gasteiger partial charge is 0.466 e. The van der Waals surface area contributed by atoms with Gasteiger partial charge in [-0.2, -0.15) is 0 Å². The molecular weight excluding hydrogens is 260 g/mol.